The van der Waals surface area contributed by atoms with Crippen molar-refractivity contribution < 1.29 is 9.53 Å². The number of carbonyl (C=O) groups is 1. The average Bonchev–Trinajstić information content (AvgIpc) is 2.72. The zero-order chi connectivity index (χ0) is 20.2. The monoisotopic (exact) mass is 398 g/mol. The molecule has 1 aromatic heterocycles. The fourth-order valence-electron chi connectivity index (χ4n) is 4.28. The van der Waals surface area contributed by atoms with Crippen LogP contribution >= 0.6 is 0 Å². The molecule has 7 nitrogen and oxygen atoms in total. The number of hydrogen-bond acceptors (Lipinski definition) is 5. The third-order valence-electron chi connectivity index (χ3n) is 6.08. The van der Waals surface area contributed by atoms with Crippen LogP contribution in [0.15, 0.2) is 35.1 Å². The fourth-order valence-corrected chi connectivity index (χ4v) is 4.28. The third-order valence-corrected chi connectivity index (χ3v) is 6.08. The first-order chi connectivity index (χ1) is 14.1. The van der Waals surface area contributed by atoms with Gasteiger partial charge in [0.2, 0.25) is 5.91 Å². The van der Waals surface area contributed by atoms with Crippen molar-refractivity contribution in [2.45, 2.75) is 38.3 Å². The van der Waals surface area contributed by atoms with E-state index in [1.807, 2.05) is 28.8 Å². The Morgan fingerprint density at radius 2 is 1.90 bits per heavy atom. The number of nitrogens with one attached hydrogen (secondary N) is 1. The molecule has 156 valence electrons. The molecule has 2 aliphatic rings. The number of nitrogens with two attached hydrogens (primary N) is 1. The lowest BCUT2D eigenvalue weighted by atomic mass is 9.92. The van der Waals surface area contributed by atoms with Gasteiger partial charge in [-0.3, -0.25) is 9.59 Å². The zero-order valence-corrected chi connectivity index (χ0v) is 16.8. The van der Waals surface area contributed by atoms with E-state index in [9.17, 15) is 9.59 Å². The van der Waals surface area contributed by atoms with Crippen LogP contribution in [0.3, 0.4) is 0 Å². The minimum atomic E-state index is -0.196. The van der Waals surface area contributed by atoms with Gasteiger partial charge < -0.3 is 25.3 Å². The molecule has 0 aliphatic carbocycles. The molecule has 2 aromatic rings. The maximum absolute atomic E-state index is 12.6. The number of amides is 1. The number of fused-ring (bicyclic) bond motifs is 3. The van der Waals surface area contributed by atoms with Gasteiger partial charge in [-0.15, -0.1) is 0 Å². The van der Waals surface area contributed by atoms with Crippen molar-refractivity contribution in [2.24, 2.45) is 11.7 Å². The summed E-state index contributed by atoms with van der Waals surface area (Å²) in [6, 6.07) is 9.31. The van der Waals surface area contributed by atoms with Crippen LogP contribution in [0.25, 0.3) is 10.9 Å². The molecule has 0 spiro atoms. The van der Waals surface area contributed by atoms with Gasteiger partial charge in [-0.1, -0.05) is 0 Å². The zero-order valence-electron chi connectivity index (χ0n) is 16.8. The molecule has 2 aliphatic heterocycles. The number of rotatable bonds is 0. The molecule has 3 atom stereocenters. The summed E-state index contributed by atoms with van der Waals surface area (Å²) in [4.78, 5) is 27.4. The summed E-state index contributed by atoms with van der Waals surface area (Å²) in [5, 5.41) is 4.07. The molecule has 1 amide bonds. The lowest BCUT2D eigenvalue weighted by molar-refractivity contribution is -0.127. The van der Waals surface area contributed by atoms with Crippen LogP contribution in [0.1, 0.15) is 25.7 Å². The van der Waals surface area contributed by atoms with Gasteiger partial charge >= 0.3 is 0 Å². The fraction of sp³-hybridized carbons (Fsp3) is 0.545. The Morgan fingerprint density at radius 1 is 1.03 bits per heavy atom. The number of ether oxygens (including phenoxy) is 1. The maximum Gasteiger partial charge on any atom is 0.251 e. The quantitative estimate of drug-likeness (QED) is 0.699. The number of aromatic nitrogens is 1. The van der Waals surface area contributed by atoms with Gasteiger partial charge in [-0.2, -0.15) is 0 Å². The molecular formula is C22H30N4O3. The molecule has 29 heavy (non-hydrogen) atoms. The lowest BCUT2D eigenvalue weighted by Crippen LogP contribution is -2.53. The second-order valence-corrected chi connectivity index (χ2v) is 8.10. The summed E-state index contributed by atoms with van der Waals surface area (Å²) in [5.41, 5.74) is 7.12. The van der Waals surface area contributed by atoms with Crippen LogP contribution in [-0.2, 0) is 11.3 Å². The van der Waals surface area contributed by atoms with Gasteiger partial charge in [0.05, 0.1) is 18.0 Å². The lowest BCUT2D eigenvalue weighted by Gasteiger charge is -2.36. The highest BCUT2D eigenvalue weighted by Gasteiger charge is 2.31. The molecule has 3 N–H and O–H groups in total. The van der Waals surface area contributed by atoms with E-state index >= 15 is 0 Å². The van der Waals surface area contributed by atoms with Gasteiger partial charge in [0.15, 0.2) is 0 Å². The van der Waals surface area contributed by atoms with Crippen molar-refractivity contribution in [3.63, 3.8) is 0 Å². The molecule has 1 fully saturated rings. The topological polar surface area (TPSA) is 89.6 Å². The summed E-state index contributed by atoms with van der Waals surface area (Å²) in [7, 11) is 0. The average molecular weight is 399 g/mol. The maximum atomic E-state index is 12.6. The van der Waals surface area contributed by atoms with Gasteiger partial charge in [0, 0.05) is 44.4 Å². The largest absolute Gasteiger partial charge is 0.494 e. The van der Waals surface area contributed by atoms with Gasteiger partial charge in [-0.05, 0) is 55.8 Å². The number of benzene rings is 1. The smallest absolute Gasteiger partial charge is 0.251 e. The van der Waals surface area contributed by atoms with Crippen molar-refractivity contribution in [1.29, 1.82) is 0 Å². The molecule has 4 bridgehead atoms. The summed E-state index contributed by atoms with van der Waals surface area (Å²) in [6.07, 6.45) is 3.63. The van der Waals surface area contributed by atoms with Crippen molar-refractivity contribution in [2.75, 3.05) is 32.8 Å². The van der Waals surface area contributed by atoms with Crippen molar-refractivity contribution in [1.82, 2.24) is 14.8 Å². The number of hydrogen-bond donors (Lipinski definition) is 2. The van der Waals surface area contributed by atoms with E-state index in [2.05, 4.69) is 10.2 Å². The molecule has 7 heteroatoms. The number of pyridine rings is 1. The minimum absolute atomic E-state index is 0.0180. The van der Waals surface area contributed by atoms with Gasteiger partial charge in [0.25, 0.3) is 5.56 Å². The van der Waals surface area contributed by atoms with Crippen LogP contribution in [-0.4, -0.2) is 54.2 Å². The van der Waals surface area contributed by atoms with E-state index < -0.39 is 0 Å². The van der Waals surface area contributed by atoms with Crippen molar-refractivity contribution in [3.05, 3.63) is 40.7 Å². The summed E-state index contributed by atoms with van der Waals surface area (Å²) < 4.78 is 7.72. The Kier molecular flexibility index (Phi) is 6.16. The molecule has 0 saturated carbocycles. The Hall–Kier alpha value is -2.38. The Morgan fingerprint density at radius 3 is 2.79 bits per heavy atom. The SMILES string of the molecule is N[C@@H]1CCN2CCn3c(=O)ccc4ccc(cc43)OCCCCCNC(=O)[C@H]1C2. The van der Waals surface area contributed by atoms with Gasteiger partial charge in [-0.25, -0.2) is 0 Å². The first-order valence-electron chi connectivity index (χ1n) is 10.6. The van der Waals surface area contributed by atoms with E-state index in [-0.39, 0.29) is 23.4 Å². The summed E-state index contributed by atoms with van der Waals surface area (Å²) in [6.45, 7) is 4.07. The van der Waals surface area contributed by atoms with Gasteiger partial charge in [0.1, 0.15) is 5.75 Å². The second kappa shape index (κ2) is 8.97. The summed E-state index contributed by atoms with van der Waals surface area (Å²) >= 11 is 0. The van der Waals surface area contributed by atoms with E-state index in [1.54, 1.807) is 6.07 Å². The van der Waals surface area contributed by atoms with Crippen LogP contribution in [0, 0.1) is 5.92 Å². The molecule has 1 aromatic carbocycles. The van der Waals surface area contributed by atoms with Crippen molar-refractivity contribution in [3.8, 4) is 5.75 Å². The predicted octanol–water partition coefficient (Wildman–Crippen LogP) is 1.33. The standard InChI is InChI=1S/C22H30N4O3/c23-19-8-10-25-11-12-26-20-14-17(6-4-16(20)5-7-21(26)27)29-13-3-1-2-9-24-22(28)18(19)15-25/h4-7,14,18-19H,1-3,8-13,15,23H2,(H,24,28)/t18-,19+/m0/s1. The number of nitrogens with zero attached hydrogens (tertiary/aromatic N) is 2. The first-order valence-corrected chi connectivity index (χ1v) is 10.6. The Labute approximate surface area is 170 Å². The molecule has 4 rings (SSSR count). The molecular weight excluding hydrogens is 368 g/mol. The molecule has 3 heterocycles. The van der Waals surface area contributed by atoms with Crippen LogP contribution in [0.4, 0.5) is 0 Å². The number of piperidine rings is 1. The first kappa shape index (κ1) is 19.9. The minimum Gasteiger partial charge on any atom is -0.494 e. The molecule has 0 radical (unpaired) electrons. The van der Waals surface area contributed by atoms with E-state index in [4.69, 9.17) is 10.5 Å². The highest BCUT2D eigenvalue weighted by atomic mass is 16.5. The highest BCUT2D eigenvalue weighted by Crippen LogP contribution is 2.21. The van der Waals surface area contributed by atoms with Crippen LogP contribution in [0.2, 0.25) is 0 Å². The van der Waals surface area contributed by atoms with Crippen LogP contribution < -0.4 is 21.3 Å². The van der Waals surface area contributed by atoms with E-state index in [0.717, 1.165) is 48.9 Å². The molecule has 1 unspecified atom stereocenters. The van der Waals surface area contributed by atoms with Crippen LogP contribution in [0.5, 0.6) is 5.75 Å². The van der Waals surface area contributed by atoms with E-state index in [0.29, 0.717) is 32.8 Å². The Bertz CT molecular complexity index is 926. The van der Waals surface area contributed by atoms with E-state index in [1.165, 1.54) is 0 Å². The summed E-state index contributed by atoms with van der Waals surface area (Å²) in [5.74, 6) is 0.644. The molecule has 1 saturated heterocycles. The second-order valence-electron chi connectivity index (χ2n) is 8.10. The number of carbonyl (C=O) groups excluding carboxylic acids is 1. The highest BCUT2D eigenvalue weighted by molar-refractivity contribution is 5.80. The third kappa shape index (κ3) is 4.62. The Balaban J connectivity index is 1.61. The normalized spacial score (nSPS) is 26.5. The predicted molar refractivity (Wildman–Crippen MR) is 113 cm³/mol. The van der Waals surface area contributed by atoms with Crippen molar-refractivity contribution >= 4 is 16.8 Å².